The molecule has 1 saturated heterocycles. The van der Waals surface area contributed by atoms with Crippen LogP contribution in [0.4, 0.5) is 19.0 Å². The number of hydrogen-bond acceptors (Lipinski definition) is 4. The molecule has 1 aromatic rings. The number of alkyl halides is 3. The Hall–Kier alpha value is -1.82. The Morgan fingerprint density at radius 1 is 1.52 bits per heavy atom. The Balaban J connectivity index is 2.36. The van der Waals surface area contributed by atoms with Crippen LogP contribution in [0.1, 0.15) is 5.56 Å². The minimum absolute atomic E-state index is 0.0682. The molecular formula is C12H9BrF3N3O2. The summed E-state index contributed by atoms with van der Waals surface area (Å²) in [5.74, 6) is -4.98. The number of anilines is 1. The normalized spacial score (nSPS) is 22.1. The van der Waals surface area contributed by atoms with Gasteiger partial charge in [0.25, 0.3) is 0 Å². The number of carboxylic acids is 1. The lowest BCUT2D eigenvalue weighted by Crippen LogP contribution is -2.33. The van der Waals surface area contributed by atoms with Crippen molar-refractivity contribution in [1.29, 1.82) is 5.26 Å². The van der Waals surface area contributed by atoms with Crippen LogP contribution in [0, 0.1) is 23.2 Å². The third-order valence-electron chi connectivity index (χ3n) is 3.31. The molecule has 2 heterocycles. The standard InChI is InChI=1S/C12H9BrF3N3O2/c13-7-1-6(2-17)10(18-3-7)19-4-8(11(20)21)9(5-19)12(14,15)16/h1,3,8-9H,4-5H2,(H,20,21)/t8-,9-/m1/s1. The van der Waals surface area contributed by atoms with E-state index in [0.717, 1.165) is 0 Å². The van der Waals surface area contributed by atoms with E-state index in [9.17, 15) is 18.0 Å². The zero-order valence-corrected chi connectivity index (χ0v) is 12.0. The van der Waals surface area contributed by atoms with Gasteiger partial charge >= 0.3 is 12.1 Å². The molecule has 0 aromatic carbocycles. The molecule has 2 atom stereocenters. The first-order valence-corrected chi connectivity index (χ1v) is 6.63. The molecule has 1 aromatic heterocycles. The molecule has 1 N–H and O–H groups in total. The monoisotopic (exact) mass is 363 g/mol. The number of halogens is 4. The van der Waals surface area contributed by atoms with Gasteiger partial charge in [-0.1, -0.05) is 0 Å². The Bertz CT molecular complexity index is 615. The molecular weight excluding hydrogens is 355 g/mol. The van der Waals surface area contributed by atoms with Crippen LogP contribution in [0.2, 0.25) is 0 Å². The topological polar surface area (TPSA) is 77.2 Å². The first-order valence-electron chi connectivity index (χ1n) is 5.84. The van der Waals surface area contributed by atoms with Gasteiger partial charge in [-0.2, -0.15) is 18.4 Å². The molecule has 0 amide bonds. The SMILES string of the molecule is N#Cc1cc(Br)cnc1N1C[C@@H](C(F)(F)F)[C@H](C(=O)O)C1. The van der Waals surface area contributed by atoms with E-state index in [1.54, 1.807) is 0 Å². The number of rotatable bonds is 2. The Kier molecular flexibility index (Phi) is 4.09. The van der Waals surface area contributed by atoms with E-state index >= 15 is 0 Å². The maximum atomic E-state index is 12.9. The molecule has 0 spiro atoms. The van der Waals surface area contributed by atoms with Crippen molar-refractivity contribution in [2.24, 2.45) is 11.8 Å². The number of carboxylic acid groups (broad SMARTS) is 1. The molecule has 5 nitrogen and oxygen atoms in total. The van der Waals surface area contributed by atoms with E-state index in [2.05, 4.69) is 20.9 Å². The zero-order chi connectivity index (χ0) is 15.8. The maximum absolute atomic E-state index is 12.9. The van der Waals surface area contributed by atoms with Gasteiger partial charge in [0.15, 0.2) is 0 Å². The van der Waals surface area contributed by atoms with Crippen LogP contribution in [0.15, 0.2) is 16.7 Å². The second-order valence-electron chi connectivity index (χ2n) is 4.63. The number of aromatic nitrogens is 1. The molecule has 21 heavy (non-hydrogen) atoms. The second kappa shape index (κ2) is 5.52. The molecule has 0 saturated carbocycles. The molecule has 9 heteroatoms. The van der Waals surface area contributed by atoms with Gasteiger partial charge in [0.05, 0.1) is 17.4 Å². The van der Waals surface area contributed by atoms with Crippen LogP contribution in [0.25, 0.3) is 0 Å². The summed E-state index contributed by atoms with van der Waals surface area (Å²) in [5, 5.41) is 18.0. The van der Waals surface area contributed by atoms with Gasteiger partial charge in [-0.15, -0.1) is 0 Å². The Morgan fingerprint density at radius 3 is 2.67 bits per heavy atom. The average molecular weight is 364 g/mol. The zero-order valence-electron chi connectivity index (χ0n) is 10.4. The number of nitrogens with zero attached hydrogens (tertiary/aromatic N) is 3. The van der Waals surface area contributed by atoms with Crippen molar-refractivity contribution in [1.82, 2.24) is 4.98 Å². The van der Waals surface area contributed by atoms with E-state index in [1.165, 1.54) is 17.2 Å². The molecule has 1 aliphatic heterocycles. The third-order valence-corrected chi connectivity index (χ3v) is 3.74. The lowest BCUT2D eigenvalue weighted by Gasteiger charge is -2.19. The maximum Gasteiger partial charge on any atom is 0.394 e. The summed E-state index contributed by atoms with van der Waals surface area (Å²) in [5.41, 5.74) is 0.0938. The van der Waals surface area contributed by atoms with Crippen LogP contribution < -0.4 is 4.90 Å². The highest BCUT2D eigenvalue weighted by Gasteiger charge is 2.53. The van der Waals surface area contributed by atoms with Gasteiger partial charge in [-0.05, 0) is 22.0 Å². The van der Waals surface area contributed by atoms with E-state index in [-0.39, 0.29) is 17.9 Å². The molecule has 112 valence electrons. The van der Waals surface area contributed by atoms with Gasteiger partial charge in [0, 0.05) is 23.8 Å². The lowest BCUT2D eigenvalue weighted by atomic mass is 9.96. The first-order chi connectivity index (χ1) is 9.74. The van der Waals surface area contributed by atoms with E-state index in [1.807, 2.05) is 6.07 Å². The molecule has 0 bridgehead atoms. The number of carbonyl (C=O) groups is 1. The van der Waals surface area contributed by atoms with E-state index < -0.39 is 30.5 Å². The fourth-order valence-corrected chi connectivity index (χ4v) is 2.66. The fourth-order valence-electron chi connectivity index (χ4n) is 2.32. The number of hydrogen-bond donors (Lipinski definition) is 1. The molecule has 0 aliphatic carbocycles. The first kappa shape index (κ1) is 15.6. The largest absolute Gasteiger partial charge is 0.481 e. The van der Waals surface area contributed by atoms with Crippen LogP contribution >= 0.6 is 15.9 Å². The average Bonchev–Trinajstić information content (AvgIpc) is 2.83. The van der Waals surface area contributed by atoms with Crippen molar-refractivity contribution < 1.29 is 23.1 Å². The van der Waals surface area contributed by atoms with Crippen molar-refractivity contribution in [3.63, 3.8) is 0 Å². The number of aliphatic carboxylic acids is 1. The second-order valence-corrected chi connectivity index (χ2v) is 5.55. The minimum atomic E-state index is -4.61. The predicted molar refractivity (Wildman–Crippen MR) is 69.5 cm³/mol. The Labute approximate surface area is 126 Å². The summed E-state index contributed by atoms with van der Waals surface area (Å²) < 4.78 is 39.3. The van der Waals surface area contributed by atoms with E-state index in [0.29, 0.717) is 4.47 Å². The number of nitriles is 1. The van der Waals surface area contributed by atoms with Crippen LogP contribution in [-0.2, 0) is 4.79 Å². The summed E-state index contributed by atoms with van der Waals surface area (Å²) in [7, 11) is 0. The Morgan fingerprint density at radius 2 is 2.19 bits per heavy atom. The van der Waals surface area contributed by atoms with Gasteiger partial charge in [0.2, 0.25) is 0 Å². The van der Waals surface area contributed by atoms with Crippen LogP contribution in [0.5, 0.6) is 0 Å². The highest BCUT2D eigenvalue weighted by molar-refractivity contribution is 9.10. The van der Waals surface area contributed by atoms with Gasteiger partial charge in [0.1, 0.15) is 11.9 Å². The van der Waals surface area contributed by atoms with Gasteiger partial charge in [-0.25, -0.2) is 4.98 Å². The highest BCUT2D eigenvalue weighted by Crippen LogP contribution is 2.39. The molecule has 0 radical (unpaired) electrons. The lowest BCUT2D eigenvalue weighted by molar-refractivity contribution is -0.187. The summed E-state index contributed by atoms with van der Waals surface area (Å²) in [6, 6.07) is 3.28. The van der Waals surface area contributed by atoms with Crippen molar-refractivity contribution in [3.05, 3.63) is 22.3 Å². The van der Waals surface area contributed by atoms with Crippen LogP contribution in [-0.4, -0.2) is 35.3 Å². The van der Waals surface area contributed by atoms with Crippen molar-refractivity contribution in [3.8, 4) is 6.07 Å². The number of pyridine rings is 1. The summed E-state index contributed by atoms with van der Waals surface area (Å²) >= 11 is 3.12. The smallest absolute Gasteiger partial charge is 0.394 e. The molecule has 1 aliphatic rings. The summed E-state index contributed by atoms with van der Waals surface area (Å²) in [6.45, 7) is -0.855. The van der Waals surface area contributed by atoms with Gasteiger partial charge in [-0.3, -0.25) is 4.79 Å². The van der Waals surface area contributed by atoms with Crippen LogP contribution in [0.3, 0.4) is 0 Å². The molecule has 2 rings (SSSR count). The van der Waals surface area contributed by atoms with Crippen molar-refractivity contribution >= 4 is 27.7 Å². The predicted octanol–water partition coefficient (Wildman–Crippen LogP) is 2.42. The third kappa shape index (κ3) is 3.10. The highest BCUT2D eigenvalue weighted by atomic mass is 79.9. The van der Waals surface area contributed by atoms with Crippen molar-refractivity contribution in [2.45, 2.75) is 6.18 Å². The molecule has 1 fully saturated rings. The fraction of sp³-hybridized carbons (Fsp3) is 0.417. The summed E-state index contributed by atoms with van der Waals surface area (Å²) in [6.07, 6.45) is -3.26. The van der Waals surface area contributed by atoms with Gasteiger partial charge < -0.3 is 10.0 Å². The van der Waals surface area contributed by atoms with E-state index in [4.69, 9.17) is 10.4 Å². The summed E-state index contributed by atoms with van der Waals surface area (Å²) in [4.78, 5) is 16.2. The quantitative estimate of drug-likeness (QED) is 0.872. The minimum Gasteiger partial charge on any atom is -0.481 e. The molecule has 0 unspecified atom stereocenters. The van der Waals surface area contributed by atoms with Crippen molar-refractivity contribution in [2.75, 3.05) is 18.0 Å².